The van der Waals surface area contributed by atoms with Crippen molar-refractivity contribution >= 4 is 6.03 Å². The number of pyridine rings is 1. The van der Waals surface area contributed by atoms with Crippen LogP contribution in [0.4, 0.5) is 4.79 Å². The molecule has 0 saturated heterocycles. The summed E-state index contributed by atoms with van der Waals surface area (Å²) in [6.07, 6.45) is 7.72. The Morgan fingerprint density at radius 1 is 1.24 bits per heavy atom. The van der Waals surface area contributed by atoms with E-state index in [0.717, 1.165) is 30.9 Å². The SMILES string of the molecule is O=C(NC1CC1)N1Cc2nccn2C[C@@H](COCc2ccccn2)C1. The van der Waals surface area contributed by atoms with E-state index in [2.05, 4.69) is 19.9 Å². The zero-order valence-corrected chi connectivity index (χ0v) is 14.2. The van der Waals surface area contributed by atoms with Gasteiger partial charge in [0.1, 0.15) is 5.82 Å². The standard InChI is InChI=1S/C18H23N5O2/c24-18(21-15-4-5-15)23-10-14(9-22-8-7-20-17(22)11-23)12-25-13-16-3-1-2-6-19-16/h1-3,6-8,14-15H,4-5,9-13H2,(H,21,24)/t14-/m1/s1. The average Bonchev–Trinajstić information content (AvgIpc) is 3.37. The van der Waals surface area contributed by atoms with Crippen molar-refractivity contribution in [1.29, 1.82) is 0 Å². The van der Waals surface area contributed by atoms with Gasteiger partial charge in [-0.05, 0) is 25.0 Å². The molecule has 25 heavy (non-hydrogen) atoms. The molecule has 2 aromatic rings. The Bertz CT molecular complexity index is 713. The van der Waals surface area contributed by atoms with Gasteiger partial charge in [0, 0.05) is 43.6 Å². The molecule has 0 aromatic carbocycles. The second-order valence-electron chi connectivity index (χ2n) is 6.80. The van der Waals surface area contributed by atoms with Crippen LogP contribution in [0.5, 0.6) is 0 Å². The maximum atomic E-state index is 12.5. The van der Waals surface area contributed by atoms with Crippen molar-refractivity contribution < 1.29 is 9.53 Å². The predicted molar refractivity (Wildman–Crippen MR) is 91.6 cm³/mol. The molecular formula is C18H23N5O2. The maximum Gasteiger partial charge on any atom is 0.318 e. The quantitative estimate of drug-likeness (QED) is 0.900. The van der Waals surface area contributed by atoms with Crippen molar-refractivity contribution in [2.45, 2.75) is 38.6 Å². The number of ether oxygens (including phenoxy) is 1. The summed E-state index contributed by atoms with van der Waals surface area (Å²) >= 11 is 0. The van der Waals surface area contributed by atoms with Crippen LogP contribution in [0.1, 0.15) is 24.4 Å². The number of carbonyl (C=O) groups excluding carboxylic acids is 1. The van der Waals surface area contributed by atoms with E-state index in [-0.39, 0.29) is 11.9 Å². The number of carbonyl (C=O) groups is 1. The first kappa shape index (κ1) is 16.1. The molecule has 1 N–H and O–H groups in total. The molecule has 0 unspecified atom stereocenters. The van der Waals surface area contributed by atoms with Gasteiger partial charge in [0.25, 0.3) is 0 Å². The van der Waals surface area contributed by atoms with Crippen LogP contribution in [0.15, 0.2) is 36.8 Å². The van der Waals surface area contributed by atoms with Crippen LogP contribution < -0.4 is 5.32 Å². The largest absolute Gasteiger partial charge is 0.375 e. The van der Waals surface area contributed by atoms with Gasteiger partial charge in [-0.15, -0.1) is 0 Å². The number of hydrogen-bond acceptors (Lipinski definition) is 4. The third-order valence-electron chi connectivity index (χ3n) is 4.59. The molecule has 2 aliphatic rings. The van der Waals surface area contributed by atoms with Crippen molar-refractivity contribution in [3.63, 3.8) is 0 Å². The summed E-state index contributed by atoms with van der Waals surface area (Å²) in [5, 5.41) is 3.08. The zero-order valence-electron chi connectivity index (χ0n) is 14.2. The van der Waals surface area contributed by atoms with Crippen LogP contribution in [0.2, 0.25) is 0 Å². The van der Waals surface area contributed by atoms with Crippen molar-refractivity contribution in [1.82, 2.24) is 24.8 Å². The van der Waals surface area contributed by atoms with Crippen molar-refractivity contribution in [2.75, 3.05) is 13.2 Å². The normalized spacial score (nSPS) is 20.0. The van der Waals surface area contributed by atoms with E-state index in [1.165, 1.54) is 0 Å². The van der Waals surface area contributed by atoms with Gasteiger partial charge in [0.05, 0.1) is 25.5 Å². The molecule has 4 rings (SSSR count). The highest BCUT2D eigenvalue weighted by molar-refractivity contribution is 5.74. The van der Waals surface area contributed by atoms with Gasteiger partial charge in [-0.2, -0.15) is 0 Å². The Labute approximate surface area is 147 Å². The fourth-order valence-corrected chi connectivity index (χ4v) is 3.11. The summed E-state index contributed by atoms with van der Waals surface area (Å²) < 4.78 is 8.00. The van der Waals surface area contributed by atoms with Crippen LogP contribution in [-0.2, 0) is 24.4 Å². The van der Waals surface area contributed by atoms with Crippen LogP contribution in [0.3, 0.4) is 0 Å². The molecule has 1 saturated carbocycles. The highest BCUT2D eigenvalue weighted by Crippen LogP contribution is 2.21. The number of nitrogens with zero attached hydrogens (tertiary/aromatic N) is 4. The highest BCUT2D eigenvalue weighted by Gasteiger charge is 2.29. The van der Waals surface area contributed by atoms with E-state index >= 15 is 0 Å². The molecule has 7 heteroatoms. The lowest BCUT2D eigenvalue weighted by molar-refractivity contribution is 0.0701. The number of urea groups is 1. The van der Waals surface area contributed by atoms with Gasteiger partial charge >= 0.3 is 6.03 Å². The Hall–Kier alpha value is -2.41. The molecule has 1 atom stereocenters. The molecule has 1 aliphatic carbocycles. The highest BCUT2D eigenvalue weighted by atomic mass is 16.5. The summed E-state index contributed by atoms with van der Waals surface area (Å²) in [7, 11) is 0. The lowest BCUT2D eigenvalue weighted by Crippen LogP contribution is -2.43. The molecule has 1 aliphatic heterocycles. The van der Waals surface area contributed by atoms with E-state index in [1.807, 2.05) is 29.3 Å². The van der Waals surface area contributed by atoms with E-state index in [1.54, 1.807) is 12.4 Å². The fourth-order valence-electron chi connectivity index (χ4n) is 3.11. The summed E-state index contributed by atoms with van der Waals surface area (Å²) in [5.74, 6) is 1.15. The number of amides is 2. The molecule has 0 bridgehead atoms. The number of rotatable bonds is 5. The minimum Gasteiger partial charge on any atom is -0.375 e. The van der Waals surface area contributed by atoms with Gasteiger partial charge < -0.3 is 19.5 Å². The predicted octanol–water partition coefficient (Wildman–Crippen LogP) is 1.80. The number of aromatic nitrogens is 3. The van der Waals surface area contributed by atoms with Gasteiger partial charge in [-0.1, -0.05) is 6.07 Å². The van der Waals surface area contributed by atoms with E-state index < -0.39 is 0 Å². The lowest BCUT2D eigenvalue weighted by Gasteiger charge is -2.24. The first-order chi connectivity index (χ1) is 12.3. The minimum atomic E-state index is 0.00803. The Balaban J connectivity index is 1.38. The van der Waals surface area contributed by atoms with Crippen LogP contribution in [-0.4, -0.2) is 44.7 Å². The molecule has 7 nitrogen and oxygen atoms in total. The van der Waals surface area contributed by atoms with Gasteiger partial charge in [0.15, 0.2) is 0 Å². The lowest BCUT2D eigenvalue weighted by atomic mass is 10.1. The topological polar surface area (TPSA) is 72.3 Å². The third kappa shape index (κ3) is 4.17. The van der Waals surface area contributed by atoms with Gasteiger partial charge in [-0.3, -0.25) is 4.98 Å². The average molecular weight is 341 g/mol. The first-order valence-corrected chi connectivity index (χ1v) is 8.81. The fraction of sp³-hybridized carbons (Fsp3) is 0.500. The van der Waals surface area contributed by atoms with Gasteiger partial charge in [-0.25, -0.2) is 9.78 Å². The van der Waals surface area contributed by atoms with E-state index in [9.17, 15) is 4.79 Å². The van der Waals surface area contributed by atoms with E-state index in [4.69, 9.17) is 4.74 Å². The monoisotopic (exact) mass is 341 g/mol. The third-order valence-corrected chi connectivity index (χ3v) is 4.59. The van der Waals surface area contributed by atoms with Crippen LogP contribution in [0, 0.1) is 5.92 Å². The van der Waals surface area contributed by atoms with Gasteiger partial charge in [0.2, 0.25) is 0 Å². The number of nitrogens with one attached hydrogen (secondary N) is 1. The molecule has 132 valence electrons. The Morgan fingerprint density at radius 2 is 2.16 bits per heavy atom. The molecule has 3 heterocycles. The molecule has 1 fully saturated rings. The second kappa shape index (κ2) is 7.23. The molecule has 0 spiro atoms. The molecular weight excluding hydrogens is 318 g/mol. The second-order valence-corrected chi connectivity index (χ2v) is 6.80. The van der Waals surface area contributed by atoms with Crippen molar-refractivity contribution in [3.05, 3.63) is 48.3 Å². The summed E-state index contributed by atoms with van der Waals surface area (Å²) in [6.45, 7) is 3.10. The van der Waals surface area contributed by atoms with Crippen molar-refractivity contribution in [2.24, 2.45) is 5.92 Å². The van der Waals surface area contributed by atoms with Crippen LogP contribution in [0.25, 0.3) is 0 Å². The summed E-state index contributed by atoms with van der Waals surface area (Å²) in [4.78, 5) is 23.0. The summed E-state index contributed by atoms with van der Waals surface area (Å²) in [5.41, 5.74) is 0.919. The molecule has 2 amide bonds. The first-order valence-electron chi connectivity index (χ1n) is 8.81. The maximum absolute atomic E-state index is 12.5. The Kier molecular flexibility index (Phi) is 4.65. The zero-order chi connectivity index (χ0) is 17.1. The number of hydrogen-bond donors (Lipinski definition) is 1. The Morgan fingerprint density at radius 3 is 2.96 bits per heavy atom. The molecule has 2 aromatic heterocycles. The number of imidazole rings is 1. The molecule has 0 radical (unpaired) electrons. The number of fused-ring (bicyclic) bond motifs is 1. The van der Waals surface area contributed by atoms with E-state index in [0.29, 0.717) is 32.3 Å². The summed E-state index contributed by atoms with van der Waals surface area (Å²) in [6, 6.07) is 6.17. The van der Waals surface area contributed by atoms with Crippen molar-refractivity contribution in [3.8, 4) is 0 Å². The minimum absolute atomic E-state index is 0.00803. The van der Waals surface area contributed by atoms with Crippen LogP contribution >= 0.6 is 0 Å². The smallest absolute Gasteiger partial charge is 0.318 e.